The highest BCUT2D eigenvalue weighted by Crippen LogP contribution is 2.46. The normalized spacial score (nSPS) is 18.3. The molecule has 26 heavy (non-hydrogen) atoms. The highest BCUT2D eigenvalue weighted by Gasteiger charge is 2.65. The molecule has 1 aliphatic heterocycles. The summed E-state index contributed by atoms with van der Waals surface area (Å²) in [6.07, 6.45) is -5.07. The molecule has 0 saturated heterocycles. The van der Waals surface area contributed by atoms with Crippen LogP contribution in [0.15, 0.2) is 42.5 Å². The first-order valence-corrected chi connectivity index (χ1v) is 7.58. The van der Waals surface area contributed by atoms with E-state index in [1.165, 1.54) is 31.4 Å². The number of anilines is 1. The molecule has 0 saturated carbocycles. The standard InChI is InChI=1S/C16H12ClF3N2O4/c1-24-11-5-3-2-4-10(11)21-14(23)22-16(15(18,19)20)25-12-7-6-9(17)8-13(12)26-16/h2-8H,1H3,(H2,21,22,23)/t16-/m0/s1. The Morgan fingerprint density at radius 1 is 1.15 bits per heavy atom. The number of urea groups is 1. The number of rotatable bonds is 3. The van der Waals surface area contributed by atoms with Gasteiger partial charge in [-0.1, -0.05) is 23.7 Å². The molecule has 0 spiro atoms. The van der Waals surface area contributed by atoms with Gasteiger partial charge in [-0.05, 0) is 24.3 Å². The van der Waals surface area contributed by atoms with E-state index in [0.29, 0.717) is 0 Å². The number of carbonyl (C=O) groups is 1. The van der Waals surface area contributed by atoms with Crippen LogP contribution in [0.4, 0.5) is 23.7 Å². The van der Waals surface area contributed by atoms with Crippen molar-refractivity contribution in [2.75, 3.05) is 12.4 Å². The van der Waals surface area contributed by atoms with Crippen LogP contribution in [0.25, 0.3) is 0 Å². The molecule has 6 nitrogen and oxygen atoms in total. The van der Waals surface area contributed by atoms with Gasteiger partial charge in [0.05, 0.1) is 12.8 Å². The van der Waals surface area contributed by atoms with Crippen molar-refractivity contribution in [2.45, 2.75) is 12.1 Å². The number of ether oxygens (including phenoxy) is 3. The van der Waals surface area contributed by atoms with Gasteiger partial charge in [0.2, 0.25) is 0 Å². The number of alkyl halides is 3. The number of hydrogen-bond donors (Lipinski definition) is 2. The smallest absolute Gasteiger partial charge is 0.492 e. The molecule has 138 valence electrons. The van der Waals surface area contributed by atoms with Crippen molar-refractivity contribution in [2.24, 2.45) is 0 Å². The number of hydrogen-bond acceptors (Lipinski definition) is 4. The van der Waals surface area contributed by atoms with Crippen LogP contribution >= 0.6 is 11.6 Å². The summed E-state index contributed by atoms with van der Waals surface area (Å²) in [5.74, 6) is -3.56. The zero-order chi connectivity index (χ0) is 18.9. The summed E-state index contributed by atoms with van der Waals surface area (Å²) in [4.78, 5) is 12.1. The monoisotopic (exact) mass is 388 g/mol. The molecule has 2 aromatic carbocycles. The maximum absolute atomic E-state index is 13.6. The van der Waals surface area contributed by atoms with Crippen LogP contribution in [-0.4, -0.2) is 25.2 Å². The fourth-order valence-electron chi connectivity index (χ4n) is 2.27. The van der Waals surface area contributed by atoms with Crippen LogP contribution in [0, 0.1) is 0 Å². The van der Waals surface area contributed by atoms with E-state index in [1.807, 2.05) is 0 Å². The summed E-state index contributed by atoms with van der Waals surface area (Å²) in [7, 11) is 1.36. The third-order valence-corrected chi connectivity index (χ3v) is 3.65. The molecule has 2 amide bonds. The Labute approximate surface area is 150 Å². The first kappa shape index (κ1) is 18.0. The molecular formula is C16H12ClF3N2O4. The fraction of sp³-hybridized carbons (Fsp3) is 0.188. The van der Waals surface area contributed by atoms with Crippen LogP contribution < -0.4 is 24.8 Å². The molecular weight excluding hydrogens is 377 g/mol. The minimum absolute atomic E-state index is 0.156. The van der Waals surface area contributed by atoms with Gasteiger partial charge in [-0.3, -0.25) is 5.32 Å². The minimum Gasteiger partial charge on any atom is -0.495 e. The van der Waals surface area contributed by atoms with Crippen LogP contribution in [0.5, 0.6) is 17.2 Å². The van der Waals surface area contributed by atoms with Gasteiger partial charge in [-0.2, -0.15) is 13.2 Å². The number of amides is 2. The number of methoxy groups -OCH3 is 1. The molecule has 0 aromatic heterocycles. The third kappa shape index (κ3) is 3.30. The summed E-state index contributed by atoms with van der Waals surface area (Å²) in [5.41, 5.74) is 0.170. The van der Waals surface area contributed by atoms with E-state index in [9.17, 15) is 18.0 Å². The molecule has 2 N–H and O–H groups in total. The van der Waals surface area contributed by atoms with Crippen LogP contribution in [0.1, 0.15) is 0 Å². The lowest BCUT2D eigenvalue weighted by Crippen LogP contribution is -2.65. The molecule has 1 aliphatic rings. The molecule has 0 unspecified atom stereocenters. The number of fused-ring (bicyclic) bond motifs is 1. The van der Waals surface area contributed by atoms with Gasteiger partial charge in [0.1, 0.15) is 5.75 Å². The summed E-state index contributed by atoms with van der Waals surface area (Å²) in [6, 6.07) is 8.73. The van der Waals surface area contributed by atoms with Crippen LogP contribution in [0.2, 0.25) is 5.02 Å². The van der Waals surface area contributed by atoms with E-state index < -0.39 is 18.1 Å². The third-order valence-electron chi connectivity index (χ3n) is 3.42. The Balaban J connectivity index is 1.84. The fourth-order valence-corrected chi connectivity index (χ4v) is 2.43. The maximum atomic E-state index is 13.6. The Hall–Kier alpha value is -2.81. The largest absolute Gasteiger partial charge is 0.495 e. The topological polar surface area (TPSA) is 68.8 Å². The molecule has 1 atom stereocenters. The van der Waals surface area contributed by atoms with E-state index in [4.69, 9.17) is 25.8 Å². The summed E-state index contributed by atoms with van der Waals surface area (Å²) >= 11 is 5.75. The lowest BCUT2D eigenvalue weighted by molar-refractivity contribution is -0.317. The first-order valence-electron chi connectivity index (χ1n) is 7.20. The van der Waals surface area contributed by atoms with Crippen molar-refractivity contribution >= 4 is 23.3 Å². The Morgan fingerprint density at radius 2 is 1.85 bits per heavy atom. The van der Waals surface area contributed by atoms with E-state index in [1.54, 1.807) is 17.4 Å². The van der Waals surface area contributed by atoms with Gasteiger partial charge in [-0.25, -0.2) is 4.79 Å². The van der Waals surface area contributed by atoms with Gasteiger partial charge in [-0.15, -0.1) is 0 Å². The van der Waals surface area contributed by atoms with Crippen molar-refractivity contribution in [3.05, 3.63) is 47.5 Å². The molecule has 0 aliphatic carbocycles. The van der Waals surface area contributed by atoms with Crippen LogP contribution in [0.3, 0.4) is 0 Å². The van der Waals surface area contributed by atoms with E-state index in [-0.39, 0.29) is 28.0 Å². The minimum atomic E-state index is -5.07. The van der Waals surface area contributed by atoms with E-state index in [2.05, 4.69) is 5.32 Å². The lowest BCUT2D eigenvalue weighted by Gasteiger charge is -2.29. The predicted octanol–water partition coefficient (Wildman–Crippen LogP) is 4.16. The molecule has 10 heteroatoms. The second-order valence-electron chi connectivity index (χ2n) is 5.19. The average Bonchev–Trinajstić information content (AvgIpc) is 2.93. The average molecular weight is 389 g/mol. The number of nitrogens with one attached hydrogen (secondary N) is 2. The molecule has 0 radical (unpaired) electrons. The van der Waals surface area contributed by atoms with Gasteiger partial charge in [0, 0.05) is 11.1 Å². The van der Waals surface area contributed by atoms with Gasteiger partial charge >= 0.3 is 18.1 Å². The van der Waals surface area contributed by atoms with Crippen molar-refractivity contribution in [1.29, 1.82) is 0 Å². The van der Waals surface area contributed by atoms with Crippen molar-refractivity contribution in [3.8, 4) is 17.2 Å². The molecule has 0 bridgehead atoms. The number of halogens is 4. The van der Waals surface area contributed by atoms with Crippen molar-refractivity contribution in [1.82, 2.24) is 5.32 Å². The first-order chi connectivity index (χ1) is 12.2. The summed E-state index contributed by atoms with van der Waals surface area (Å²) in [5, 5.41) is 4.10. The van der Waals surface area contributed by atoms with Crippen LogP contribution in [-0.2, 0) is 0 Å². The SMILES string of the molecule is COc1ccccc1NC(=O)N[C@@]1(C(F)(F)F)Oc2ccc(Cl)cc2O1. The zero-order valence-electron chi connectivity index (χ0n) is 13.2. The zero-order valence-corrected chi connectivity index (χ0v) is 13.9. The molecule has 2 aromatic rings. The van der Waals surface area contributed by atoms with E-state index in [0.717, 1.165) is 6.07 Å². The highest BCUT2D eigenvalue weighted by atomic mass is 35.5. The maximum Gasteiger partial charge on any atom is 0.492 e. The van der Waals surface area contributed by atoms with Gasteiger partial charge in [0.15, 0.2) is 11.5 Å². The quantitative estimate of drug-likeness (QED) is 0.828. The van der Waals surface area contributed by atoms with E-state index >= 15 is 0 Å². The lowest BCUT2D eigenvalue weighted by atomic mass is 10.3. The number of para-hydroxylation sites is 2. The molecule has 3 rings (SSSR count). The Kier molecular flexibility index (Phi) is 4.49. The van der Waals surface area contributed by atoms with Crippen molar-refractivity contribution < 1.29 is 32.2 Å². The second kappa shape index (κ2) is 6.49. The summed E-state index contributed by atoms with van der Waals surface area (Å²) < 4.78 is 55.5. The number of carbonyl (C=O) groups excluding carboxylic acids is 1. The van der Waals surface area contributed by atoms with Gasteiger partial charge < -0.3 is 19.5 Å². The Morgan fingerprint density at radius 3 is 2.54 bits per heavy atom. The predicted molar refractivity (Wildman–Crippen MR) is 86.6 cm³/mol. The highest BCUT2D eigenvalue weighted by molar-refractivity contribution is 6.30. The number of benzene rings is 2. The van der Waals surface area contributed by atoms with Gasteiger partial charge in [0.25, 0.3) is 0 Å². The second-order valence-corrected chi connectivity index (χ2v) is 5.63. The summed E-state index contributed by atoms with van der Waals surface area (Å²) in [6.45, 7) is 0. The molecule has 1 heterocycles. The molecule has 0 fully saturated rings. The Bertz CT molecular complexity index is 846. The van der Waals surface area contributed by atoms with Crippen molar-refractivity contribution in [3.63, 3.8) is 0 Å².